The van der Waals surface area contributed by atoms with Crippen molar-refractivity contribution < 1.29 is 14.6 Å². The van der Waals surface area contributed by atoms with E-state index >= 15 is 0 Å². The number of hydrogen-bond donors (Lipinski definition) is 2. The third kappa shape index (κ3) is 5.48. The van der Waals surface area contributed by atoms with Gasteiger partial charge in [0.15, 0.2) is 0 Å². The molecule has 0 saturated heterocycles. The highest BCUT2D eigenvalue weighted by molar-refractivity contribution is 5.69. The molecule has 0 fully saturated rings. The number of nitrogens with one attached hydrogen (secondary N) is 1. The molecule has 0 amide bonds. The fraction of sp³-hybridized carbons (Fsp3) is 0.588. The van der Waals surface area contributed by atoms with Gasteiger partial charge in [0, 0.05) is 18.5 Å². The van der Waals surface area contributed by atoms with Crippen molar-refractivity contribution >= 4 is 5.97 Å². The Kier molecular flexibility index (Phi) is 6.85. The van der Waals surface area contributed by atoms with Crippen molar-refractivity contribution in [1.82, 2.24) is 5.32 Å². The summed E-state index contributed by atoms with van der Waals surface area (Å²) in [5.41, 5.74) is 3.09. The average Bonchev–Trinajstić information content (AvgIpc) is 2.44. The molecule has 118 valence electrons. The lowest BCUT2D eigenvalue weighted by Crippen LogP contribution is -2.40. The molecule has 0 radical (unpaired) electrons. The summed E-state index contributed by atoms with van der Waals surface area (Å²) >= 11 is 0. The molecule has 0 aromatic heterocycles. The summed E-state index contributed by atoms with van der Waals surface area (Å²) in [6, 6.07) is 6.11. The highest BCUT2D eigenvalue weighted by Gasteiger charge is 2.23. The van der Waals surface area contributed by atoms with Gasteiger partial charge < -0.3 is 15.2 Å². The molecule has 2 N–H and O–H groups in total. The zero-order chi connectivity index (χ0) is 16.0. The molecule has 2 atom stereocenters. The van der Waals surface area contributed by atoms with Crippen LogP contribution in [0.3, 0.4) is 0 Å². The first kappa shape index (κ1) is 17.7. The molecule has 0 heterocycles. The molecule has 1 rings (SSSR count). The molecule has 0 aliphatic heterocycles. The standard InChI is InChI=1S/C17H27NO3/c1-11(2)18-15(8-9-16(19)21-5)17(20)14-10-12(3)6-7-13(14)4/h6-7,10-11,15,17-18,20H,8-9H2,1-5H3. The molecule has 0 spiro atoms. The van der Waals surface area contributed by atoms with Crippen LogP contribution in [0.5, 0.6) is 0 Å². The van der Waals surface area contributed by atoms with E-state index in [4.69, 9.17) is 0 Å². The van der Waals surface area contributed by atoms with E-state index in [0.717, 1.165) is 16.7 Å². The van der Waals surface area contributed by atoms with E-state index in [1.807, 2.05) is 45.9 Å². The molecule has 0 aliphatic rings. The van der Waals surface area contributed by atoms with Gasteiger partial charge in [0.25, 0.3) is 0 Å². The van der Waals surface area contributed by atoms with E-state index in [0.29, 0.717) is 12.8 Å². The Morgan fingerprint density at radius 3 is 2.57 bits per heavy atom. The van der Waals surface area contributed by atoms with E-state index < -0.39 is 6.10 Å². The number of aliphatic hydroxyl groups excluding tert-OH is 1. The van der Waals surface area contributed by atoms with Crippen molar-refractivity contribution in [3.05, 3.63) is 34.9 Å². The van der Waals surface area contributed by atoms with Crippen LogP contribution in [0.15, 0.2) is 18.2 Å². The van der Waals surface area contributed by atoms with Gasteiger partial charge in [-0.3, -0.25) is 4.79 Å². The van der Waals surface area contributed by atoms with Gasteiger partial charge in [0.1, 0.15) is 0 Å². The van der Waals surface area contributed by atoms with Gasteiger partial charge in [-0.15, -0.1) is 0 Å². The largest absolute Gasteiger partial charge is 0.469 e. The van der Waals surface area contributed by atoms with E-state index in [9.17, 15) is 9.90 Å². The Hall–Kier alpha value is -1.39. The highest BCUT2D eigenvalue weighted by atomic mass is 16.5. The van der Waals surface area contributed by atoms with E-state index in [-0.39, 0.29) is 18.1 Å². The number of aryl methyl sites for hydroxylation is 2. The number of rotatable bonds is 7. The predicted molar refractivity (Wildman–Crippen MR) is 84.2 cm³/mol. The number of methoxy groups -OCH3 is 1. The van der Waals surface area contributed by atoms with Gasteiger partial charge in [0.05, 0.1) is 13.2 Å². The Morgan fingerprint density at radius 1 is 1.33 bits per heavy atom. The van der Waals surface area contributed by atoms with Crippen LogP contribution >= 0.6 is 0 Å². The van der Waals surface area contributed by atoms with Crippen LogP contribution in [0.2, 0.25) is 0 Å². The summed E-state index contributed by atoms with van der Waals surface area (Å²) < 4.78 is 4.69. The van der Waals surface area contributed by atoms with Crippen molar-refractivity contribution in [3.63, 3.8) is 0 Å². The smallest absolute Gasteiger partial charge is 0.305 e. The Labute approximate surface area is 127 Å². The molecular formula is C17H27NO3. The molecule has 0 saturated carbocycles. The van der Waals surface area contributed by atoms with E-state index in [1.165, 1.54) is 7.11 Å². The van der Waals surface area contributed by atoms with Crippen LogP contribution in [0, 0.1) is 13.8 Å². The minimum absolute atomic E-state index is 0.176. The lowest BCUT2D eigenvalue weighted by Gasteiger charge is -2.27. The van der Waals surface area contributed by atoms with E-state index in [1.54, 1.807) is 0 Å². The van der Waals surface area contributed by atoms with Crippen LogP contribution in [0.25, 0.3) is 0 Å². The molecule has 4 heteroatoms. The van der Waals surface area contributed by atoms with Crippen molar-refractivity contribution in [2.45, 2.75) is 58.7 Å². The van der Waals surface area contributed by atoms with Crippen molar-refractivity contribution in [1.29, 1.82) is 0 Å². The SMILES string of the molecule is COC(=O)CCC(NC(C)C)C(O)c1cc(C)ccc1C. The van der Waals surface area contributed by atoms with Crippen molar-refractivity contribution in [2.24, 2.45) is 0 Å². The molecule has 4 nitrogen and oxygen atoms in total. The maximum atomic E-state index is 11.4. The van der Waals surface area contributed by atoms with Crippen LogP contribution < -0.4 is 5.32 Å². The third-order valence-electron chi connectivity index (χ3n) is 3.57. The fourth-order valence-electron chi connectivity index (χ4n) is 2.43. The molecule has 0 bridgehead atoms. The maximum Gasteiger partial charge on any atom is 0.305 e. The quantitative estimate of drug-likeness (QED) is 0.759. The third-order valence-corrected chi connectivity index (χ3v) is 3.57. The van der Waals surface area contributed by atoms with Crippen molar-refractivity contribution in [2.75, 3.05) is 7.11 Å². The number of benzene rings is 1. The van der Waals surface area contributed by atoms with Gasteiger partial charge in [-0.2, -0.15) is 0 Å². The van der Waals surface area contributed by atoms with Crippen LogP contribution in [-0.2, 0) is 9.53 Å². The predicted octanol–water partition coefficient (Wildman–Crippen LogP) is 2.66. The normalized spacial score (nSPS) is 14.0. The molecular weight excluding hydrogens is 266 g/mol. The maximum absolute atomic E-state index is 11.4. The van der Waals surface area contributed by atoms with Gasteiger partial charge in [-0.25, -0.2) is 0 Å². The lowest BCUT2D eigenvalue weighted by molar-refractivity contribution is -0.141. The summed E-state index contributed by atoms with van der Waals surface area (Å²) in [4.78, 5) is 11.4. The van der Waals surface area contributed by atoms with Crippen molar-refractivity contribution in [3.8, 4) is 0 Å². The number of carbonyl (C=O) groups is 1. The molecule has 2 unspecified atom stereocenters. The number of esters is 1. The zero-order valence-corrected chi connectivity index (χ0v) is 13.6. The monoisotopic (exact) mass is 293 g/mol. The van der Waals surface area contributed by atoms with Gasteiger partial charge in [0.2, 0.25) is 0 Å². The first-order valence-corrected chi connectivity index (χ1v) is 7.43. The van der Waals surface area contributed by atoms with E-state index in [2.05, 4.69) is 10.1 Å². The second-order valence-corrected chi connectivity index (χ2v) is 5.85. The second kappa shape index (κ2) is 8.15. The second-order valence-electron chi connectivity index (χ2n) is 5.85. The number of ether oxygens (including phenoxy) is 1. The fourth-order valence-corrected chi connectivity index (χ4v) is 2.43. The van der Waals surface area contributed by atoms with Gasteiger partial charge >= 0.3 is 5.97 Å². The zero-order valence-electron chi connectivity index (χ0n) is 13.6. The molecule has 1 aromatic rings. The van der Waals surface area contributed by atoms with Crippen LogP contribution in [0.1, 0.15) is 49.5 Å². The summed E-state index contributed by atoms with van der Waals surface area (Å²) in [6.07, 6.45) is 0.194. The topological polar surface area (TPSA) is 58.6 Å². The average molecular weight is 293 g/mol. The lowest BCUT2D eigenvalue weighted by atomic mass is 9.93. The molecule has 0 aliphatic carbocycles. The van der Waals surface area contributed by atoms with Gasteiger partial charge in [-0.05, 0) is 31.4 Å². The first-order valence-electron chi connectivity index (χ1n) is 7.43. The van der Waals surface area contributed by atoms with Gasteiger partial charge in [-0.1, -0.05) is 37.6 Å². The minimum atomic E-state index is -0.642. The molecule has 21 heavy (non-hydrogen) atoms. The Balaban J connectivity index is 2.90. The number of carbonyl (C=O) groups excluding carboxylic acids is 1. The highest BCUT2D eigenvalue weighted by Crippen LogP contribution is 2.24. The Morgan fingerprint density at radius 2 is 2.00 bits per heavy atom. The minimum Gasteiger partial charge on any atom is -0.469 e. The first-order chi connectivity index (χ1) is 9.85. The van der Waals surface area contributed by atoms with Crippen LogP contribution in [0.4, 0.5) is 0 Å². The summed E-state index contributed by atoms with van der Waals surface area (Å²) in [6.45, 7) is 8.06. The summed E-state index contributed by atoms with van der Waals surface area (Å²) in [5.74, 6) is -0.251. The summed E-state index contributed by atoms with van der Waals surface area (Å²) in [5, 5.41) is 14.1. The summed E-state index contributed by atoms with van der Waals surface area (Å²) in [7, 11) is 1.38. The molecule has 1 aromatic carbocycles. The Bertz CT molecular complexity index is 471. The number of hydrogen-bond acceptors (Lipinski definition) is 4. The van der Waals surface area contributed by atoms with Crippen LogP contribution in [-0.4, -0.2) is 30.3 Å². The number of aliphatic hydroxyl groups is 1.